The van der Waals surface area contributed by atoms with E-state index in [0.29, 0.717) is 12.8 Å². The van der Waals surface area contributed by atoms with Gasteiger partial charge in [0, 0.05) is 19.3 Å². The van der Waals surface area contributed by atoms with E-state index in [2.05, 4.69) is 86.8 Å². The minimum absolute atomic E-state index is 0.0226. The van der Waals surface area contributed by atoms with Gasteiger partial charge in [-0.25, -0.2) is 0 Å². The van der Waals surface area contributed by atoms with Crippen LogP contribution >= 0.6 is 0 Å². The van der Waals surface area contributed by atoms with Crippen LogP contribution in [0, 0.1) is 0 Å². The highest BCUT2D eigenvalue weighted by Crippen LogP contribution is 2.13. The van der Waals surface area contributed by atoms with Gasteiger partial charge < -0.3 is 28.6 Å². The number of hydrogen-bond donors (Lipinski definition) is 0. The van der Waals surface area contributed by atoms with Crippen LogP contribution in [-0.4, -0.2) is 75.5 Å². The van der Waals surface area contributed by atoms with E-state index in [1.165, 1.54) is 64.2 Å². The Balaban J connectivity index is 4.41. The maximum Gasteiger partial charge on any atom is 0.306 e. The number of unbranched alkanes of at least 4 members (excludes halogenated alkanes) is 14. The molecule has 0 spiro atoms. The normalized spacial score (nSPS) is 13.6. The number of aliphatic carboxylic acids is 1. The average Bonchev–Trinajstić information content (AvgIpc) is 3.18. The number of carboxylic acid groups (broad SMARTS) is 1. The quantitative estimate of drug-likeness (QED) is 0.0263. The topological polar surface area (TPSA) is 102 Å². The smallest absolute Gasteiger partial charge is 0.306 e. The second kappa shape index (κ2) is 40.5. The molecular formula is C50H85NO7. The van der Waals surface area contributed by atoms with Gasteiger partial charge in [-0.1, -0.05) is 145 Å². The molecule has 0 rings (SSSR count). The summed E-state index contributed by atoms with van der Waals surface area (Å²) < 4.78 is 17.1. The first-order valence-electron chi connectivity index (χ1n) is 23.0. The summed E-state index contributed by atoms with van der Waals surface area (Å²) in [6.45, 7) is 4.49. The number of nitrogens with zero attached hydrogens (tertiary/aromatic N) is 1. The third kappa shape index (κ3) is 38.3. The molecule has 2 atom stereocenters. The number of rotatable bonds is 40. The number of hydrogen-bond acceptors (Lipinski definition) is 7. The van der Waals surface area contributed by atoms with Crippen molar-refractivity contribution >= 4 is 17.9 Å². The lowest BCUT2D eigenvalue weighted by Gasteiger charge is -2.34. The highest BCUT2D eigenvalue weighted by molar-refractivity contribution is 5.70. The molecule has 0 N–H and O–H groups in total. The van der Waals surface area contributed by atoms with Gasteiger partial charge in [0.05, 0.1) is 40.3 Å². The molecule has 0 aliphatic heterocycles. The van der Waals surface area contributed by atoms with Gasteiger partial charge in [-0.15, -0.1) is 0 Å². The Kier molecular flexibility index (Phi) is 38.3. The molecule has 0 aliphatic carbocycles. The lowest BCUT2D eigenvalue weighted by Crippen LogP contribution is -2.55. The SMILES string of the molecule is CC/C=C/C/C=C/C/C=C/C/C=C/C/C=C/CCCCCC(=O)OC(COCCC(C(=O)[O-])[N+](C)(C)C)COC(=O)CCCCCCCCC/C=C/CCCCCC. The Morgan fingerprint density at radius 1 is 0.534 bits per heavy atom. The Bertz CT molecular complexity index is 1180. The first-order chi connectivity index (χ1) is 28.1. The minimum atomic E-state index is -1.13. The van der Waals surface area contributed by atoms with Crippen LogP contribution in [0.1, 0.15) is 174 Å². The molecule has 8 nitrogen and oxygen atoms in total. The molecule has 2 unspecified atom stereocenters. The molecule has 0 radical (unpaired) electrons. The highest BCUT2D eigenvalue weighted by atomic mass is 16.6. The molecule has 0 aliphatic rings. The number of allylic oxidation sites excluding steroid dienone is 12. The molecule has 0 fully saturated rings. The Morgan fingerprint density at radius 3 is 1.47 bits per heavy atom. The van der Waals surface area contributed by atoms with Gasteiger partial charge in [-0.2, -0.15) is 0 Å². The van der Waals surface area contributed by atoms with E-state index in [4.69, 9.17) is 14.2 Å². The summed E-state index contributed by atoms with van der Waals surface area (Å²) in [5.74, 6) is -1.79. The van der Waals surface area contributed by atoms with E-state index in [9.17, 15) is 19.5 Å². The predicted octanol–water partition coefficient (Wildman–Crippen LogP) is 11.4. The van der Waals surface area contributed by atoms with Crippen LogP contribution in [-0.2, 0) is 28.6 Å². The van der Waals surface area contributed by atoms with Crippen molar-refractivity contribution in [3.05, 3.63) is 72.9 Å². The maximum absolute atomic E-state index is 12.7. The molecule has 0 heterocycles. The van der Waals surface area contributed by atoms with Crippen LogP contribution in [0.5, 0.6) is 0 Å². The van der Waals surface area contributed by atoms with E-state index in [0.717, 1.165) is 70.6 Å². The van der Waals surface area contributed by atoms with Crippen molar-refractivity contribution in [1.29, 1.82) is 0 Å². The number of carbonyl (C=O) groups excluding carboxylic acids is 3. The van der Waals surface area contributed by atoms with Crippen LogP contribution < -0.4 is 5.11 Å². The van der Waals surface area contributed by atoms with Gasteiger partial charge >= 0.3 is 11.9 Å². The van der Waals surface area contributed by atoms with Crippen molar-refractivity contribution in [1.82, 2.24) is 0 Å². The fraction of sp³-hybridized carbons (Fsp3) is 0.700. The largest absolute Gasteiger partial charge is 0.544 e. The molecule has 0 saturated carbocycles. The summed E-state index contributed by atoms with van der Waals surface area (Å²) in [6, 6.07) is -0.736. The van der Waals surface area contributed by atoms with Gasteiger partial charge in [-0.3, -0.25) is 9.59 Å². The van der Waals surface area contributed by atoms with Crippen molar-refractivity contribution in [3.63, 3.8) is 0 Å². The van der Waals surface area contributed by atoms with Crippen molar-refractivity contribution in [3.8, 4) is 0 Å². The zero-order valence-electron chi connectivity index (χ0n) is 37.7. The molecule has 0 bridgehead atoms. The summed E-state index contributed by atoms with van der Waals surface area (Å²) in [6.07, 6.45) is 50.6. The Hall–Kier alpha value is -3.23. The van der Waals surface area contributed by atoms with Gasteiger partial charge in [0.15, 0.2) is 6.10 Å². The minimum Gasteiger partial charge on any atom is -0.544 e. The number of ether oxygens (including phenoxy) is 3. The zero-order chi connectivity index (χ0) is 42.8. The molecular weight excluding hydrogens is 727 g/mol. The molecule has 8 heteroatoms. The lowest BCUT2D eigenvalue weighted by molar-refractivity contribution is -0.889. The van der Waals surface area contributed by atoms with E-state index < -0.39 is 18.1 Å². The molecule has 332 valence electrons. The second-order valence-electron chi connectivity index (χ2n) is 16.3. The standard InChI is InChI=1S/C50H85NO7/c1-6-8-10-12-14-16-18-20-22-23-24-25-27-29-31-33-35-37-39-41-49(53)58-46(44-56-43-42-47(50(54)55)51(3,4)5)45-57-48(52)40-38-36-34-32-30-28-26-21-19-17-15-13-11-9-7-2/h8,10,14,16-17,19-20,22,24-25,29,31,46-47H,6-7,9,11-13,15,18,21,23,26-28,30,32-45H2,1-5H3/b10-8+,16-14+,19-17+,22-20+,25-24+,31-29+. The van der Waals surface area contributed by atoms with E-state index in [1.54, 1.807) is 21.1 Å². The fourth-order valence-electron chi connectivity index (χ4n) is 6.27. The summed E-state index contributed by atoms with van der Waals surface area (Å²) >= 11 is 0. The van der Waals surface area contributed by atoms with Crippen LogP contribution in [0.15, 0.2) is 72.9 Å². The van der Waals surface area contributed by atoms with Gasteiger partial charge in [-0.05, 0) is 83.5 Å². The number of carbonyl (C=O) groups is 3. The number of esters is 2. The molecule has 0 aromatic carbocycles. The third-order valence-electron chi connectivity index (χ3n) is 9.83. The molecule has 0 aromatic rings. The van der Waals surface area contributed by atoms with Crippen molar-refractivity contribution in [2.45, 2.75) is 187 Å². The van der Waals surface area contributed by atoms with Crippen LogP contribution in [0.4, 0.5) is 0 Å². The maximum atomic E-state index is 12.7. The van der Waals surface area contributed by atoms with Crippen molar-refractivity contribution < 1.29 is 38.2 Å². The summed E-state index contributed by atoms with van der Waals surface area (Å²) in [5, 5.41) is 11.6. The summed E-state index contributed by atoms with van der Waals surface area (Å²) in [7, 11) is 5.39. The van der Waals surface area contributed by atoms with Crippen LogP contribution in [0.2, 0.25) is 0 Å². The summed E-state index contributed by atoms with van der Waals surface area (Å²) in [5.41, 5.74) is 0. The highest BCUT2D eigenvalue weighted by Gasteiger charge is 2.25. The first-order valence-corrected chi connectivity index (χ1v) is 23.0. The van der Waals surface area contributed by atoms with E-state index >= 15 is 0 Å². The average molecular weight is 812 g/mol. The Morgan fingerprint density at radius 2 is 0.966 bits per heavy atom. The van der Waals surface area contributed by atoms with Crippen molar-refractivity contribution in [2.24, 2.45) is 0 Å². The second-order valence-corrected chi connectivity index (χ2v) is 16.3. The monoisotopic (exact) mass is 812 g/mol. The molecule has 0 amide bonds. The van der Waals surface area contributed by atoms with E-state index in [-0.39, 0.29) is 49.1 Å². The number of likely N-dealkylation sites (N-methyl/N-ethyl adjacent to an activating group) is 1. The molecule has 0 saturated heterocycles. The van der Waals surface area contributed by atoms with Crippen LogP contribution in [0.25, 0.3) is 0 Å². The molecule has 58 heavy (non-hydrogen) atoms. The van der Waals surface area contributed by atoms with Gasteiger partial charge in [0.1, 0.15) is 12.6 Å². The third-order valence-corrected chi connectivity index (χ3v) is 9.83. The van der Waals surface area contributed by atoms with Gasteiger partial charge in [0.2, 0.25) is 0 Å². The number of carboxylic acids is 1. The summed E-state index contributed by atoms with van der Waals surface area (Å²) in [4.78, 5) is 36.9. The predicted molar refractivity (Wildman–Crippen MR) is 240 cm³/mol. The Labute approximate surface area is 355 Å². The van der Waals surface area contributed by atoms with Gasteiger partial charge in [0.25, 0.3) is 0 Å². The fourth-order valence-corrected chi connectivity index (χ4v) is 6.27. The molecule has 0 aromatic heterocycles. The van der Waals surface area contributed by atoms with Crippen LogP contribution in [0.3, 0.4) is 0 Å². The van der Waals surface area contributed by atoms with E-state index in [1.807, 2.05) is 0 Å². The first kappa shape index (κ1) is 54.8. The van der Waals surface area contributed by atoms with Crippen molar-refractivity contribution in [2.75, 3.05) is 41.0 Å². The number of quaternary nitrogens is 1. The zero-order valence-corrected chi connectivity index (χ0v) is 37.7. The lowest BCUT2D eigenvalue weighted by atomic mass is 10.1.